The monoisotopic (exact) mass is 166 g/mol. The molecule has 0 aliphatic rings. The molecule has 1 aromatic heterocycles. The maximum atomic E-state index is 8.80. The molecule has 0 radical (unpaired) electrons. The minimum atomic E-state index is -1.54. The van der Waals surface area contributed by atoms with Crippen molar-refractivity contribution in [2.45, 2.75) is 13.3 Å². The van der Waals surface area contributed by atoms with Crippen molar-refractivity contribution in [1.82, 2.24) is 4.98 Å². The quantitative estimate of drug-likeness (QED) is 0.487. The predicted octanol–water partition coefficient (Wildman–Crippen LogP) is -1.09. The van der Waals surface area contributed by atoms with Crippen LogP contribution in [0.15, 0.2) is 12.3 Å². The van der Waals surface area contributed by atoms with Crippen LogP contribution in [0.1, 0.15) is 12.6 Å². The van der Waals surface area contributed by atoms with E-state index in [0.717, 1.165) is 12.1 Å². The van der Waals surface area contributed by atoms with Crippen LogP contribution in [0.3, 0.4) is 0 Å². The van der Waals surface area contributed by atoms with Gasteiger partial charge in [0.2, 0.25) is 0 Å². The maximum Gasteiger partial charge on any atom is 0.492 e. The summed E-state index contributed by atoms with van der Waals surface area (Å²) in [6, 6.07) is 1.65. The fourth-order valence-electron chi connectivity index (χ4n) is 0.936. The van der Waals surface area contributed by atoms with Gasteiger partial charge in [-0.3, -0.25) is 4.98 Å². The normalized spacial score (nSPS) is 9.92. The van der Waals surface area contributed by atoms with E-state index in [9.17, 15) is 0 Å². The third kappa shape index (κ3) is 1.75. The fraction of sp³-hybridized carbons (Fsp3) is 0.286. The van der Waals surface area contributed by atoms with Crippen LogP contribution in [-0.4, -0.2) is 22.2 Å². The number of aryl methyl sites for hydroxylation is 1. The van der Waals surface area contributed by atoms with Gasteiger partial charge in [-0.25, -0.2) is 0 Å². The molecule has 0 atom stereocenters. The highest BCUT2D eigenvalue weighted by Crippen LogP contribution is 2.01. The van der Waals surface area contributed by atoms with Crippen LogP contribution in [-0.2, 0) is 6.42 Å². The molecule has 0 unspecified atom stereocenters. The molecule has 1 rings (SSSR count). The van der Waals surface area contributed by atoms with Crippen molar-refractivity contribution >= 4 is 18.3 Å². The zero-order valence-electron chi connectivity index (χ0n) is 6.86. The molecule has 0 spiro atoms. The van der Waals surface area contributed by atoms with Crippen LogP contribution in [0, 0.1) is 0 Å². The van der Waals surface area contributed by atoms with Crippen LogP contribution in [0.25, 0.3) is 0 Å². The number of nitrogen functional groups attached to an aromatic ring is 1. The average molecular weight is 166 g/mol. The topological polar surface area (TPSA) is 79.4 Å². The number of pyridine rings is 1. The first-order chi connectivity index (χ1) is 5.65. The maximum absolute atomic E-state index is 8.80. The molecule has 0 aromatic carbocycles. The lowest BCUT2D eigenvalue weighted by atomic mass is 9.80. The van der Waals surface area contributed by atoms with Crippen molar-refractivity contribution < 1.29 is 10.0 Å². The largest absolute Gasteiger partial charge is 0.492 e. The SMILES string of the molecule is CCc1cc(N)c(B(O)O)cn1. The number of aromatic nitrogens is 1. The van der Waals surface area contributed by atoms with E-state index in [-0.39, 0.29) is 5.46 Å². The predicted molar refractivity (Wildman–Crippen MR) is 47.9 cm³/mol. The van der Waals surface area contributed by atoms with Gasteiger partial charge in [0.1, 0.15) is 0 Å². The smallest absolute Gasteiger partial charge is 0.423 e. The fourth-order valence-corrected chi connectivity index (χ4v) is 0.936. The molecule has 1 aromatic rings. The highest BCUT2D eigenvalue weighted by atomic mass is 16.4. The molecule has 0 bridgehead atoms. The number of rotatable bonds is 2. The first-order valence-corrected chi connectivity index (χ1v) is 3.75. The lowest BCUT2D eigenvalue weighted by Crippen LogP contribution is -2.32. The molecular weight excluding hydrogens is 155 g/mol. The van der Waals surface area contributed by atoms with E-state index in [1.54, 1.807) is 6.07 Å². The zero-order chi connectivity index (χ0) is 9.14. The summed E-state index contributed by atoms with van der Waals surface area (Å²) < 4.78 is 0. The standard InChI is InChI=1S/C7H11BN2O2/c1-2-5-3-7(9)6(4-10-5)8(11)12/h3-4,11-12H,2H2,1H3,(H2,9,10). The second kappa shape index (κ2) is 3.56. The Morgan fingerprint density at radius 1 is 1.58 bits per heavy atom. The van der Waals surface area contributed by atoms with Gasteiger partial charge in [-0.1, -0.05) is 6.92 Å². The van der Waals surface area contributed by atoms with Crippen molar-refractivity contribution in [1.29, 1.82) is 0 Å². The molecule has 0 saturated carbocycles. The molecule has 0 saturated heterocycles. The second-order valence-electron chi connectivity index (χ2n) is 2.53. The molecule has 5 heteroatoms. The summed E-state index contributed by atoms with van der Waals surface area (Å²) in [6.07, 6.45) is 2.17. The van der Waals surface area contributed by atoms with Crippen molar-refractivity contribution in [2.75, 3.05) is 5.73 Å². The molecule has 12 heavy (non-hydrogen) atoms. The van der Waals surface area contributed by atoms with Gasteiger partial charge in [-0.2, -0.15) is 0 Å². The van der Waals surface area contributed by atoms with E-state index in [0.29, 0.717) is 5.69 Å². The van der Waals surface area contributed by atoms with Crippen LogP contribution < -0.4 is 11.2 Å². The van der Waals surface area contributed by atoms with Crippen molar-refractivity contribution in [3.63, 3.8) is 0 Å². The van der Waals surface area contributed by atoms with Crippen molar-refractivity contribution in [3.05, 3.63) is 18.0 Å². The Hall–Kier alpha value is -1.07. The summed E-state index contributed by atoms with van der Waals surface area (Å²) in [5, 5.41) is 17.6. The zero-order valence-corrected chi connectivity index (χ0v) is 6.86. The van der Waals surface area contributed by atoms with E-state index < -0.39 is 7.12 Å². The highest BCUT2D eigenvalue weighted by molar-refractivity contribution is 6.60. The van der Waals surface area contributed by atoms with Crippen molar-refractivity contribution in [2.24, 2.45) is 0 Å². The molecule has 0 aliphatic carbocycles. The van der Waals surface area contributed by atoms with Crippen LogP contribution in [0.2, 0.25) is 0 Å². The van der Waals surface area contributed by atoms with Crippen molar-refractivity contribution in [3.8, 4) is 0 Å². The Kier molecular flexibility index (Phi) is 2.67. The van der Waals surface area contributed by atoms with Crippen LogP contribution in [0.4, 0.5) is 5.69 Å². The summed E-state index contributed by atoms with van der Waals surface area (Å²) in [6.45, 7) is 1.96. The molecule has 4 nitrogen and oxygen atoms in total. The Labute approximate surface area is 71.2 Å². The minimum absolute atomic E-state index is 0.257. The second-order valence-corrected chi connectivity index (χ2v) is 2.53. The first kappa shape index (κ1) is 9.03. The van der Waals surface area contributed by atoms with E-state index in [4.69, 9.17) is 15.8 Å². The van der Waals surface area contributed by atoms with Crippen LogP contribution >= 0.6 is 0 Å². The Morgan fingerprint density at radius 2 is 2.25 bits per heavy atom. The first-order valence-electron chi connectivity index (χ1n) is 3.75. The Morgan fingerprint density at radius 3 is 2.67 bits per heavy atom. The van der Waals surface area contributed by atoms with Crippen LogP contribution in [0.5, 0.6) is 0 Å². The van der Waals surface area contributed by atoms with Gasteiger partial charge in [-0.15, -0.1) is 0 Å². The van der Waals surface area contributed by atoms with Gasteiger partial charge >= 0.3 is 7.12 Å². The number of hydrogen-bond donors (Lipinski definition) is 3. The molecule has 0 fully saturated rings. The van der Waals surface area contributed by atoms with Gasteiger partial charge in [-0.05, 0) is 12.5 Å². The Bertz CT molecular complexity index is 278. The summed E-state index contributed by atoms with van der Waals surface area (Å²) >= 11 is 0. The number of anilines is 1. The van der Waals surface area contributed by atoms with E-state index in [2.05, 4.69) is 4.98 Å². The molecule has 4 N–H and O–H groups in total. The van der Waals surface area contributed by atoms with Gasteiger partial charge in [0.05, 0.1) is 0 Å². The molecule has 0 aliphatic heterocycles. The summed E-state index contributed by atoms with van der Waals surface area (Å²) in [4.78, 5) is 3.98. The summed E-state index contributed by atoms with van der Waals surface area (Å²) in [7, 11) is -1.54. The molecule has 64 valence electrons. The van der Waals surface area contributed by atoms with Gasteiger partial charge in [0.25, 0.3) is 0 Å². The minimum Gasteiger partial charge on any atom is -0.423 e. The third-order valence-corrected chi connectivity index (χ3v) is 1.67. The van der Waals surface area contributed by atoms with E-state index in [1.807, 2.05) is 6.92 Å². The lowest BCUT2D eigenvalue weighted by Gasteiger charge is -2.04. The summed E-state index contributed by atoms with van der Waals surface area (Å²) in [5.41, 5.74) is 7.01. The Balaban J connectivity index is 3.03. The third-order valence-electron chi connectivity index (χ3n) is 1.67. The van der Waals surface area contributed by atoms with E-state index in [1.165, 1.54) is 6.20 Å². The van der Waals surface area contributed by atoms with E-state index >= 15 is 0 Å². The van der Waals surface area contributed by atoms with Gasteiger partial charge in [0.15, 0.2) is 0 Å². The number of hydrogen-bond acceptors (Lipinski definition) is 4. The average Bonchev–Trinajstić information content (AvgIpc) is 2.03. The highest BCUT2D eigenvalue weighted by Gasteiger charge is 2.14. The number of nitrogens with two attached hydrogens (primary N) is 1. The van der Waals surface area contributed by atoms with Gasteiger partial charge < -0.3 is 15.8 Å². The van der Waals surface area contributed by atoms with Gasteiger partial charge in [0, 0.05) is 23.0 Å². The lowest BCUT2D eigenvalue weighted by molar-refractivity contribution is 0.426. The molecule has 0 amide bonds. The number of nitrogens with zero attached hydrogens (tertiary/aromatic N) is 1. The molecule has 1 heterocycles. The molecular formula is C7H11BN2O2. The summed E-state index contributed by atoms with van der Waals surface area (Å²) in [5.74, 6) is 0.